The molecule has 0 spiro atoms. The van der Waals surface area contributed by atoms with Gasteiger partial charge in [0.25, 0.3) is 5.91 Å². The number of nitrogens with two attached hydrogens (primary N) is 1. The monoisotopic (exact) mass is 422 g/mol. The molecule has 0 saturated heterocycles. The SMILES string of the molecule is CN(Cc1nc2ccccc2[nH]1)C(=O)c1cc(S(N)(=O)=O)ccc1Br. The first kappa shape index (κ1) is 17.6. The molecule has 0 saturated carbocycles. The summed E-state index contributed by atoms with van der Waals surface area (Å²) in [5.41, 5.74) is 1.91. The van der Waals surface area contributed by atoms with Crippen LogP contribution in [0.3, 0.4) is 0 Å². The van der Waals surface area contributed by atoms with E-state index in [1.807, 2.05) is 24.3 Å². The van der Waals surface area contributed by atoms with Crippen molar-refractivity contribution in [2.45, 2.75) is 11.4 Å². The number of fused-ring (bicyclic) bond motifs is 1. The van der Waals surface area contributed by atoms with E-state index < -0.39 is 10.0 Å². The minimum absolute atomic E-state index is 0.115. The molecule has 1 aromatic heterocycles. The van der Waals surface area contributed by atoms with Crippen molar-refractivity contribution in [1.82, 2.24) is 14.9 Å². The van der Waals surface area contributed by atoms with Gasteiger partial charge in [-0.1, -0.05) is 12.1 Å². The summed E-state index contributed by atoms with van der Waals surface area (Å²) < 4.78 is 23.5. The van der Waals surface area contributed by atoms with E-state index in [4.69, 9.17) is 5.14 Å². The van der Waals surface area contributed by atoms with E-state index in [2.05, 4.69) is 25.9 Å². The maximum absolute atomic E-state index is 12.7. The van der Waals surface area contributed by atoms with Crippen molar-refractivity contribution >= 4 is 42.9 Å². The maximum Gasteiger partial charge on any atom is 0.255 e. The quantitative estimate of drug-likeness (QED) is 0.671. The second-order valence-electron chi connectivity index (χ2n) is 5.55. The number of halogens is 1. The van der Waals surface area contributed by atoms with Crippen molar-refractivity contribution in [1.29, 1.82) is 0 Å². The van der Waals surface area contributed by atoms with Crippen molar-refractivity contribution in [2.75, 3.05) is 7.05 Å². The Morgan fingerprint density at radius 3 is 2.68 bits per heavy atom. The molecule has 25 heavy (non-hydrogen) atoms. The van der Waals surface area contributed by atoms with Gasteiger partial charge in [-0.3, -0.25) is 4.79 Å². The van der Waals surface area contributed by atoms with Gasteiger partial charge in [-0.25, -0.2) is 18.5 Å². The number of hydrogen-bond acceptors (Lipinski definition) is 4. The van der Waals surface area contributed by atoms with Gasteiger partial charge in [0.05, 0.1) is 28.0 Å². The van der Waals surface area contributed by atoms with E-state index in [1.165, 1.54) is 23.1 Å². The lowest BCUT2D eigenvalue weighted by Gasteiger charge is -2.17. The third-order valence-electron chi connectivity index (χ3n) is 3.67. The number of para-hydroxylation sites is 2. The summed E-state index contributed by atoms with van der Waals surface area (Å²) in [6.07, 6.45) is 0. The molecule has 0 bridgehead atoms. The molecule has 0 unspecified atom stereocenters. The molecule has 1 amide bonds. The maximum atomic E-state index is 12.7. The number of primary sulfonamides is 1. The summed E-state index contributed by atoms with van der Waals surface area (Å²) in [4.78, 5) is 21.6. The molecule has 0 aliphatic rings. The Bertz CT molecular complexity index is 1030. The number of aromatic nitrogens is 2. The highest BCUT2D eigenvalue weighted by molar-refractivity contribution is 9.10. The van der Waals surface area contributed by atoms with E-state index in [1.54, 1.807) is 7.05 Å². The van der Waals surface area contributed by atoms with Gasteiger partial charge in [0.1, 0.15) is 5.82 Å². The molecule has 9 heteroatoms. The number of nitrogens with zero attached hydrogens (tertiary/aromatic N) is 2. The molecule has 7 nitrogen and oxygen atoms in total. The number of rotatable bonds is 4. The fourth-order valence-electron chi connectivity index (χ4n) is 2.43. The molecule has 3 rings (SSSR count). The summed E-state index contributed by atoms with van der Waals surface area (Å²) in [7, 11) is -2.27. The predicted molar refractivity (Wildman–Crippen MR) is 97.4 cm³/mol. The highest BCUT2D eigenvalue weighted by atomic mass is 79.9. The fourth-order valence-corrected chi connectivity index (χ4v) is 3.38. The second kappa shape index (κ2) is 6.58. The zero-order valence-corrected chi connectivity index (χ0v) is 15.6. The molecule has 1 heterocycles. The number of hydrogen-bond donors (Lipinski definition) is 2. The van der Waals surface area contributed by atoms with Crippen molar-refractivity contribution in [3.8, 4) is 0 Å². The standard InChI is InChI=1S/C16H15BrN4O3S/c1-21(9-15-19-13-4-2-3-5-14(13)20-15)16(22)11-8-10(25(18,23)24)6-7-12(11)17/h2-8H,9H2,1H3,(H,19,20)(H2,18,23,24). The fraction of sp³-hybridized carbons (Fsp3) is 0.125. The van der Waals surface area contributed by atoms with Crippen LogP contribution in [0.1, 0.15) is 16.2 Å². The molecular formula is C16H15BrN4O3S. The average Bonchev–Trinajstić information content (AvgIpc) is 2.95. The van der Waals surface area contributed by atoms with Gasteiger partial charge >= 0.3 is 0 Å². The molecule has 0 radical (unpaired) electrons. The summed E-state index contributed by atoms with van der Waals surface area (Å²) in [6.45, 7) is 0.250. The minimum atomic E-state index is -3.89. The van der Waals surface area contributed by atoms with E-state index in [-0.39, 0.29) is 22.9 Å². The largest absolute Gasteiger partial charge is 0.340 e. The Kier molecular flexibility index (Phi) is 4.63. The number of aromatic amines is 1. The summed E-state index contributed by atoms with van der Waals surface area (Å²) in [6, 6.07) is 11.7. The Hall–Kier alpha value is -2.23. The number of carbonyl (C=O) groups is 1. The highest BCUT2D eigenvalue weighted by Crippen LogP contribution is 2.22. The first-order chi connectivity index (χ1) is 11.8. The van der Waals surface area contributed by atoms with Crippen molar-refractivity contribution in [2.24, 2.45) is 5.14 Å². The summed E-state index contributed by atoms with van der Waals surface area (Å²) >= 11 is 3.27. The van der Waals surface area contributed by atoms with Crippen molar-refractivity contribution < 1.29 is 13.2 Å². The van der Waals surface area contributed by atoms with E-state index in [0.29, 0.717) is 10.3 Å². The Labute approximate surface area is 153 Å². The van der Waals surface area contributed by atoms with E-state index in [0.717, 1.165) is 11.0 Å². The normalized spacial score (nSPS) is 11.6. The molecule has 3 aromatic rings. The third-order valence-corrected chi connectivity index (χ3v) is 5.27. The van der Waals surface area contributed by atoms with Crippen LogP contribution < -0.4 is 5.14 Å². The molecule has 2 aromatic carbocycles. The van der Waals surface area contributed by atoms with Gasteiger partial charge in [-0.15, -0.1) is 0 Å². The lowest BCUT2D eigenvalue weighted by Crippen LogP contribution is -2.27. The van der Waals surface area contributed by atoms with Crippen LogP contribution >= 0.6 is 15.9 Å². The third kappa shape index (κ3) is 3.73. The number of amides is 1. The molecule has 0 aliphatic heterocycles. The van der Waals surface area contributed by atoms with Gasteiger partial charge in [-0.05, 0) is 46.3 Å². The Morgan fingerprint density at radius 2 is 2.00 bits per heavy atom. The molecule has 0 aliphatic carbocycles. The number of H-pyrrole nitrogens is 1. The lowest BCUT2D eigenvalue weighted by atomic mass is 10.2. The molecular weight excluding hydrogens is 408 g/mol. The first-order valence-corrected chi connectivity index (χ1v) is 9.61. The molecule has 3 N–H and O–H groups in total. The van der Waals surface area contributed by atoms with Crippen LogP contribution in [0.5, 0.6) is 0 Å². The number of benzene rings is 2. The lowest BCUT2D eigenvalue weighted by molar-refractivity contribution is 0.0781. The molecule has 130 valence electrons. The van der Waals surface area contributed by atoms with Gasteiger partial charge in [0.2, 0.25) is 10.0 Å². The zero-order chi connectivity index (χ0) is 18.2. The average molecular weight is 423 g/mol. The van der Waals surface area contributed by atoms with E-state index in [9.17, 15) is 13.2 Å². The second-order valence-corrected chi connectivity index (χ2v) is 7.96. The van der Waals surface area contributed by atoms with Crippen LogP contribution in [-0.4, -0.2) is 36.2 Å². The number of carbonyl (C=O) groups excluding carboxylic acids is 1. The minimum Gasteiger partial charge on any atom is -0.340 e. The van der Waals surface area contributed by atoms with Crippen LogP contribution in [0, 0.1) is 0 Å². The Morgan fingerprint density at radius 1 is 1.28 bits per heavy atom. The van der Waals surface area contributed by atoms with Crippen LogP contribution in [0.2, 0.25) is 0 Å². The first-order valence-electron chi connectivity index (χ1n) is 7.27. The topological polar surface area (TPSA) is 109 Å². The number of nitrogens with one attached hydrogen (secondary N) is 1. The predicted octanol–water partition coefficient (Wildman–Crippen LogP) is 2.25. The number of sulfonamides is 1. The van der Waals surface area contributed by atoms with Crippen LogP contribution in [-0.2, 0) is 16.6 Å². The highest BCUT2D eigenvalue weighted by Gasteiger charge is 2.19. The van der Waals surface area contributed by atoms with Gasteiger partial charge in [-0.2, -0.15) is 0 Å². The smallest absolute Gasteiger partial charge is 0.255 e. The Balaban J connectivity index is 1.87. The zero-order valence-electron chi connectivity index (χ0n) is 13.2. The van der Waals surface area contributed by atoms with Crippen LogP contribution in [0.15, 0.2) is 51.8 Å². The van der Waals surface area contributed by atoms with Crippen molar-refractivity contribution in [3.63, 3.8) is 0 Å². The molecule has 0 atom stereocenters. The van der Waals surface area contributed by atoms with E-state index >= 15 is 0 Å². The van der Waals surface area contributed by atoms with Crippen molar-refractivity contribution in [3.05, 3.63) is 58.3 Å². The van der Waals surface area contributed by atoms with Gasteiger partial charge < -0.3 is 9.88 Å². The van der Waals surface area contributed by atoms with Gasteiger partial charge in [0, 0.05) is 11.5 Å². The molecule has 0 fully saturated rings. The summed E-state index contributed by atoms with van der Waals surface area (Å²) in [5.74, 6) is 0.286. The van der Waals surface area contributed by atoms with Crippen LogP contribution in [0.25, 0.3) is 11.0 Å². The van der Waals surface area contributed by atoms with Gasteiger partial charge in [0.15, 0.2) is 0 Å². The van der Waals surface area contributed by atoms with Crippen LogP contribution in [0.4, 0.5) is 0 Å². The summed E-state index contributed by atoms with van der Waals surface area (Å²) in [5, 5.41) is 5.14. The number of imidazole rings is 1.